The van der Waals surface area contributed by atoms with Gasteiger partial charge in [-0.3, -0.25) is 4.79 Å². The molecule has 0 saturated heterocycles. The highest BCUT2D eigenvalue weighted by Gasteiger charge is 2.29. The molecule has 1 fully saturated rings. The molecule has 3 nitrogen and oxygen atoms in total. The summed E-state index contributed by atoms with van der Waals surface area (Å²) in [5, 5.41) is 11.7. The van der Waals surface area contributed by atoms with Crippen LogP contribution in [0.3, 0.4) is 0 Å². The van der Waals surface area contributed by atoms with Gasteiger partial charge in [0, 0.05) is 6.04 Å². The number of benzene rings is 1. The van der Waals surface area contributed by atoms with Crippen molar-refractivity contribution in [2.24, 2.45) is 5.92 Å². The topological polar surface area (TPSA) is 52.9 Å². The Balaban J connectivity index is 2.10. The molecular weight excluding hydrogens is 231 g/mol. The van der Waals surface area contributed by atoms with Gasteiger partial charge in [-0.25, -0.2) is 4.39 Å². The minimum atomic E-state index is -0.515. The van der Waals surface area contributed by atoms with E-state index in [1.807, 2.05) is 0 Å². The molecule has 0 radical (unpaired) electrons. The van der Waals surface area contributed by atoms with E-state index in [-0.39, 0.29) is 17.5 Å². The normalized spacial score (nSPS) is 22.5. The lowest BCUT2D eigenvalue weighted by molar-refractivity contribution is 0.0929. The molecule has 0 spiro atoms. The van der Waals surface area contributed by atoms with Crippen LogP contribution in [0.2, 0.25) is 0 Å². The van der Waals surface area contributed by atoms with Crippen LogP contribution in [0.5, 0.6) is 0 Å². The van der Waals surface area contributed by atoms with Crippen molar-refractivity contribution in [1.82, 2.24) is 5.32 Å². The quantitative estimate of drug-likeness (QED) is 0.871. The highest BCUT2D eigenvalue weighted by Crippen LogP contribution is 2.25. The molecule has 1 saturated carbocycles. The maximum absolute atomic E-state index is 13.6. The molecule has 0 heterocycles. The first kappa shape index (κ1) is 12.6. The molecule has 0 aromatic heterocycles. The van der Waals surface area contributed by atoms with Crippen LogP contribution in [0.25, 0.3) is 0 Å². The molecule has 1 aliphatic carbocycles. The third kappa shape index (κ3) is 2.51. The van der Waals surface area contributed by atoms with Crippen molar-refractivity contribution < 1.29 is 9.18 Å². The first-order chi connectivity index (χ1) is 8.61. The van der Waals surface area contributed by atoms with Gasteiger partial charge in [-0.15, -0.1) is 0 Å². The Kier molecular flexibility index (Phi) is 3.61. The lowest BCUT2D eigenvalue weighted by atomic mass is 10.0. The molecule has 18 heavy (non-hydrogen) atoms. The molecule has 1 aliphatic rings. The third-order valence-corrected chi connectivity index (χ3v) is 3.37. The monoisotopic (exact) mass is 246 g/mol. The molecule has 1 amide bonds. The van der Waals surface area contributed by atoms with Crippen LogP contribution in [0.1, 0.15) is 35.2 Å². The highest BCUT2D eigenvalue weighted by atomic mass is 19.1. The van der Waals surface area contributed by atoms with Crippen LogP contribution in [-0.2, 0) is 0 Å². The highest BCUT2D eigenvalue weighted by molar-refractivity contribution is 5.94. The number of carbonyl (C=O) groups is 1. The van der Waals surface area contributed by atoms with Crippen molar-refractivity contribution in [3.05, 3.63) is 35.1 Å². The number of rotatable bonds is 2. The van der Waals surface area contributed by atoms with Crippen molar-refractivity contribution in [2.45, 2.75) is 32.2 Å². The van der Waals surface area contributed by atoms with Gasteiger partial charge in [-0.2, -0.15) is 5.26 Å². The number of amides is 1. The van der Waals surface area contributed by atoms with E-state index in [1.165, 1.54) is 12.1 Å². The molecule has 0 bridgehead atoms. The average Bonchev–Trinajstić information content (AvgIpc) is 2.76. The van der Waals surface area contributed by atoms with Gasteiger partial charge in [-0.1, -0.05) is 6.07 Å². The summed E-state index contributed by atoms with van der Waals surface area (Å²) in [6.45, 7) is 1.77. The zero-order chi connectivity index (χ0) is 13.1. The van der Waals surface area contributed by atoms with Crippen molar-refractivity contribution in [2.75, 3.05) is 0 Å². The van der Waals surface area contributed by atoms with Crippen molar-refractivity contribution >= 4 is 5.91 Å². The standard InChI is InChI=1S/C14H15FN2O/c1-9-5-6-11(12(15)7-9)14(18)17-13-4-2-3-10(13)8-16/h5-7,10,13H,2-4H2,1H3,(H,17,18). The van der Waals surface area contributed by atoms with Crippen LogP contribution < -0.4 is 5.32 Å². The van der Waals surface area contributed by atoms with Gasteiger partial charge in [0.15, 0.2) is 0 Å². The molecule has 2 rings (SSSR count). The first-order valence-corrected chi connectivity index (χ1v) is 6.08. The number of aryl methyl sites for hydroxylation is 1. The van der Waals surface area contributed by atoms with E-state index in [1.54, 1.807) is 13.0 Å². The number of nitriles is 1. The Morgan fingerprint density at radius 3 is 2.94 bits per heavy atom. The van der Waals surface area contributed by atoms with E-state index in [9.17, 15) is 9.18 Å². The zero-order valence-corrected chi connectivity index (χ0v) is 10.2. The molecule has 4 heteroatoms. The molecule has 0 aliphatic heterocycles. The summed E-state index contributed by atoms with van der Waals surface area (Å²) < 4.78 is 13.6. The smallest absolute Gasteiger partial charge is 0.254 e. The fourth-order valence-electron chi connectivity index (χ4n) is 2.34. The summed E-state index contributed by atoms with van der Waals surface area (Å²) in [5.74, 6) is -1.10. The average molecular weight is 246 g/mol. The van der Waals surface area contributed by atoms with Crippen molar-refractivity contribution in [3.8, 4) is 6.07 Å². The number of nitrogens with one attached hydrogen (secondary N) is 1. The summed E-state index contributed by atoms with van der Waals surface area (Å²) in [4.78, 5) is 11.9. The van der Waals surface area contributed by atoms with Gasteiger partial charge < -0.3 is 5.32 Å². The number of halogens is 1. The minimum absolute atomic E-state index is 0.0455. The van der Waals surface area contributed by atoms with Gasteiger partial charge in [0.05, 0.1) is 17.6 Å². The fraction of sp³-hybridized carbons (Fsp3) is 0.429. The summed E-state index contributed by atoms with van der Waals surface area (Å²) >= 11 is 0. The van der Waals surface area contributed by atoms with E-state index in [0.29, 0.717) is 0 Å². The second-order valence-corrected chi connectivity index (χ2v) is 4.73. The van der Waals surface area contributed by atoms with Gasteiger partial charge in [0.2, 0.25) is 0 Å². The predicted molar refractivity (Wildman–Crippen MR) is 65.3 cm³/mol. The molecule has 1 aromatic rings. The number of hydrogen-bond donors (Lipinski definition) is 1. The summed E-state index contributed by atoms with van der Waals surface area (Å²) in [6, 6.07) is 6.56. The molecule has 2 atom stereocenters. The number of hydrogen-bond acceptors (Lipinski definition) is 2. The maximum Gasteiger partial charge on any atom is 0.254 e. The number of nitrogens with zero attached hydrogens (tertiary/aromatic N) is 1. The van der Waals surface area contributed by atoms with Crippen LogP contribution in [-0.4, -0.2) is 11.9 Å². The summed E-state index contributed by atoms with van der Waals surface area (Å²) in [7, 11) is 0. The molecule has 2 unspecified atom stereocenters. The van der Waals surface area contributed by atoms with Crippen molar-refractivity contribution in [3.63, 3.8) is 0 Å². The van der Waals surface area contributed by atoms with Crippen LogP contribution in [0.15, 0.2) is 18.2 Å². The predicted octanol–water partition coefficient (Wildman–Crippen LogP) is 2.56. The van der Waals surface area contributed by atoms with E-state index in [4.69, 9.17) is 5.26 Å². The van der Waals surface area contributed by atoms with E-state index >= 15 is 0 Å². The molecule has 1 N–H and O–H groups in total. The minimum Gasteiger partial charge on any atom is -0.348 e. The van der Waals surface area contributed by atoms with Crippen molar-refractivity contribution in [1.29, 1.82) is 5.26 Å². The first-order valence-electron chi connectivity index (χ1n) is 6.08. The van der Waals surface area contributed by atoms with Gasteiger partial charge >= 0.3 is 0 Å². The van der Waals surface area contributed by atoms with Gasteiger partial charge in [0.1, 0.15) is 5.82 Å². The Hall–Kier alpha value is -1.89. The molecule has 1 aromatic carbocycles. The second kappa shape index (κ2) is 5.18. The zero-order valence-electron chi connectivity index (χ0n) is 10.2. The fourth-order valence-corrected chi connectivity index (χ4v) is 2.34. The Morgan fingerprint density at radius 1 is 1.50 bits per heavy atom. The lowest BCUT2D eigenvalue weighted by Crippen LogP contribution is -2.37. The number of carbonyl (C=O) groups excluding carboxylic acids is 1. The largest absolute Gasteiger partial charge is 0.348 e. The molecular formula is C14H15FN2O. The Labute approximate surface area is 106 Å². The van der Waals surface area contributed by atoms with Crippen LogP contribution in [0, 0.1) is 30.0 Å². The van der Waals surface area contributed by atoms with Gasteiger partial charge in [0.25, 0.3) is 5.91 Å². The Morgan fingerprint density at radius 2 is 2.28 bits per heavy atom. The van der Waals surface area contributed by atoms with Gasteiger partial charge in [-0.05, 0) is 43.9 Å². The van der Waals surface area contributed by atoms with E-state index in [2.05, 4.69) is 11.4 Å². The SMILES string of the molecule is Cc1ccc(C(=O)NC2CCCC2C#N)c(F)c1. The third-order valence-electron chi connectivity index (χ3n) is 3.37. The van der Waals surface area contributed by atoms with E-state index < -0.39 is 11.7 Å². The summed E-state index contributed by atoms with van der Waals surface area (Å²) in [5.41, 5.74) is 0.823. The van der Waals surface area contributed by atoms with Crippen LogP contribution >= 0.6 is 0 Å². The second-order valence-electron chi connectivity index (χ2n) is 4.73. The van der Waals surface area contributed by atoms with E-state index in [0.717, 1.165) is 24.8 Å². The van der Waals surface area contributed by atoms with Crippen LogP contribution in [0.4, 0.5) is 4.39 Å². The molecule has 94 valence electrons. The lowest BCUT2D eigenvalue weighted by Gasteiger charge is -2.15. The Bertz CT molecular complexity index is 507. The summed E-state index contributed by atoms with van der Waals surface area (Å²) in [6.07, 6.45) is 2.52. The maximum atomic E-state index is 13.6.